The molecule has 0 aromatic heterocycles. The third kappa shape index (κ3) is 21.3. The van der Waals surface area contributed by atoms with Gasteiger partial charge in [0.15, 0.2) is 0 Å². The minimum absolute atomic E-state index is 0. The average Bonchev–Trinajstić information content (AvgIpc) is 2.51. The normalized spacial score (nSPS) is 21.8. The van der Waals surface area contributed by atoms with Gasteiger partial charge in [-0.25, -0.2) is 0 Å². The van der Waals surface area contributed by atoms with Crippen LogP contribution in [0.3, 0.4) is 0 Å². The van der Waals surface area contributed by atoms with Gasteiger partial charge < -0.3 is 45.2 Å². The Hall–Kier alpha value is 1.13. The van der Waals surface area contributed by atoms with Gasteiger partial charge in [0.05, 0.1) is 0 Å². The van der Waals surface area contributed by atoms with Crippen LogP contribution in [0.5, 0.6) is 0 Å². The molecule has 7 heteroatoms. The first-order valence-corrected chi connectivity index (χ1v) is 9.50. The summed E-state index contributed by atoms with van der Waals surface area (Å²) in [6, 6.07) is 0. The number of halogens is 2. The molecule has 1 rings (SSSR count). The van der Waals surface area contributed by atoms with E-state index in [1.54, 1.807) is 0 Å². The number of rotatable bonds is 0. The van der Waals surface area contributed by atoms with Crippen molar-refractivity contribution < 1.29 is 46.5 Å². The fourth-order valence-corrected chi connectivity index (χ4v) is 2.93. The summed E-state index contributed by atoms with van der Waals surface area (Å²) in [4.78, 5) is 4.99. The van der Waals surface area contributed by atoms with Crippen molar-refractivity contribution in [3.63, 3.8) is 0 Å². The van der Waals surface area contributed by atoms with E-state index in [0.29, 0.717) is 0 Å². The molecule has 1 heterocycles. The van der Waals surface area contributed by atoms with Gasteiger partial charge in [0.2, 0.25) is 0 Å². The van der Waals surface area contributed by atoms with Crippen LogP contribution in [-0.4, -0.2) is 76.3 Å². The number of nitrogens with zero attached hydrogens (tertiary/aromatic N) is 3. The molecule has 1 aliphatic rings. The Kier molecular flexibility index (Phi) is 28.6. The van der Waals surface area contributed by atoms with E-state index in [-0.39, 0.29) is 46.5 Å². The van der Waals surface area contributed by atoms with E-state index >= 15 is 0 Å². The van der Waals surface area contributed by atoms with Gasteiger partial charge in [-0.15, -0.1) is 13.1 Å². The van der Waals surface area contributed by atoms with Gasteiger partial charge in [-0.2, -0.15) is 0 Å². The second-order valence-corrected chi connectivity index (χ2v) is 6.86. The van der Waals surface area contributed by atoms with Gasteiger partial charge in [-0.3, -0.25) is 0 Å². The van der Waals surface area contributed by atoms with Gasteiger partial charge in [-0.1, -0.05) is 12.8 Å². The molecule has 0 atom stereocenters. The molecule has 4 nitrogen and oxygen atoms in total. The molecule has 25 heavy (non-hydrogen) atoms. The standard InChI is InChI=1S/C18H39N4.2ClH.Ti/c1-21-15-7-5-13-19-11-3-4-12-20-14-6-8-16-22(2)18-10-9-17-21;;;/h19H,3-18H2,1-2H3;2*1H;/q-1;;;+3/p-2. The second-order valence-electron chi connectivity index (χ2n) is 6.86. The third-order valence-corrected chi connectivity index (χ3v) is 4.50. The van der Waals surface area contributed by atoms with Crippen LogP contribution in [0.2, 0.25) is 0 Å². The molecule has 0 amide bonds. The maximum atomic E-state index is 4.64. The quantitative estimate of drug-likeness (QED) is 0.415. The SMILES string of the molecule is CN1CCCC[N-]CCCCNCCCCN(C)CCCC1.[Cl-].[Cl-].[Ti+3]. The molecular formula is C18H39Cl2N4Ti. The van der Waals surface area contributed by atoms with Crippen molar-refractivity contribution in [3.8, 4) is 0 Å². The van der Waals surface area contributed by atoms with E-state index in [0.717, 1.165) is 19.6 Å². The summed E-state index contributed by atoms with van der Waals surface area (Å²) in [6.45, 7) is 9.43. The average molecular weight is 430 g/mol. The summed E-state index contributed by atoms with van der Waals surface area (Å²) in [6.07, 6.45) is 10.3. The molecular weight excluding hydrogens is 391 g/mol. The zero-order chi connectivity index (χ0) is 15.9. The maximum absolute atomic E-state index is 4.64. The van der Waals surface area contributed by atoms with Crippen LogP contribution in [-0.2, 0) is 21.7 Å². The Morgan fingerprint density at radius 1 is 0.600 bits per heavy atom. The molecule has 0 spiro atoms. The Bertz CT molecular complexity index is 227. The van der Waals surface area contributed by atoms with Gasteiger partial charge in [0, 0.05) is 0 Å². The maximum Gasteiger partial charge on any atom is 3.00 e. The second kappa shape index (κ2) is 23.2. The largest absolute Gasteiger partial charge is 3.00 e. The van der Waals surface area contributed by atoms with Crippen molar-refractivity contribution in [2.75, 3.05) is 66.5 Å². The van der Waals surface area contributed by atoms with Crippen LogP contribution in [0.15, 0.2) is 0 Å². The Balaban J connectivity index is -0.00000161. The van der Waals surface area contributed by atoms with E-state index in [4.69, 9.17) is 0 Å². The first kappa shape index (κ1) is 30.8. The van der Waals surface area contributed by atoms with Gasteiger partial charge in [0.25, 0.3) is 0 Å². The van der Waals surface area contributed by atoms with Gasteiger partial charge >= 0.3 is 21.7 Å². The van der Waals surface area contributed by atoms with Crippen LogP contribution >= 0.6 is 0 Å². The molecule has 0 unspecified atom stereocenters. The molecule has 1 N–H and O–H groups in total. The van der Waals surface area contributed by atoms with Crippen LogP contribution in [0.1, 0.15) is 51.4 Å². The Morgan fingerprint density at radius 3 is 1.48 bits per heavy atom. The zero-order valence-corrected chi connectivity index (χ0v) is 19.5. The molecule has 1 radical (unpaired) electrons. The van der Waals surface area contributed by atoms with E-state index in [9.17, 15) is 0 Å². The van der Waals surface area contributed by atoms with E-state index in [1.807, 2.05) is 0 Å². The molecule has 1 aliphatic heterocycles. The molecule has 0 aromatic rings. The van der Waals surface area contributed by atoms with Gasteiger partial charge in [0.1, 0.15) is 0 Å². The molecule has 149 valence electrons. The first-order valence-electron chi connectivity index (χ1n) is 9.50. The summed E-state index contributed by atoms with van der Waals surface area (Å²) >= 11 is 0. The summed E-state index contributed by atoms with van der Waals surface area (Å²) in [5.41, 5.74) is 0. The Labute approximate surface area is 184 Å². The van der Waals surface area contributed by atoms with E-state index < -0.39 is 0 Å². The van der Waals surface area contributed by atoms with Crippen LogP contribution in [0.4, 0.5) is 0 Å². The molecule has 0 aromatic carbocycles. The predicted molar refractivity (Wildman–Crippen MR) is 97.9 cm³/mol. The van der Waals surface area contributed by atoms with Crippen molar-refractivity contribution in [2.45, 2.75) is 51.4 Å². The summed E-state index contributed by atoms with van der Waals surface area (Å²) < 4.78 is 0. The number of hydrogen-bond acceptors (Lipinski definition) is 3. The fourth-order valence-electron chi connectivity index (χ4n) is 2.93. The Morgan fingerprint density at radius 2 is 0.960 bits per heavy atom. The minimum Gasteiger partial charge on any atom is -1.00 e. The van der Waals surface area contributed by atoms with Crippen molar-refractivity contribution in [2.24, 2.45) is 0 Å². The molecule has 0 aliphatic carbocycles. The number of hydrogen-bond donors (Lipinski definition) is 1. The van der Waals surface area contributed by atoms with Crippen molar-refractivity contribution >= 4 is 0 Å². The summed E-state index contributed by atoms with van der Waals surface area (Å²) in [5, 5.41) is 8.21. The van der Waals surface area contributed by atoms with Crippen molar-refractivity contribution in [1.82, 2.24) is 15.1 Å². The summed E-state index contributed by atoms with van der Waals surface area (Å²) in [5.74, 6) is 0. The van der Waals surface area contributed by atoms with E-state index in [1.165, 1.54) is 84.1 Å². The fraction of sp³-hybridized carbons (Fsp3) is 1.00. The summed E-state index contributed by atoms with van der Waals surface area (Å²) in [7, 11) is 4.53. The monoisotopic (exact) mass is 429 g/mol. The number of nitrogens with one attached hydrogen (secondary N) is 1. The smallest absolute Gasteiger partial charge is 1.00 e. The molecule has 0 saturated carbocycles. The van der Waals surface area contributed by atoms with Crippen LogP contribution in [0.25, 0.3) is 5.32 Å². The zero-order valence-electron chi connectivity index (χ0n) is 16.4. The minimum atomic E-state index is 0. The molecule has 1 saturated heterocycles. The van der Waals surface area contributed by atoms with Crippen LogP contribution in [0, 0.1) is 0 Å². The van der Waals surface area contributed by atoms with E-state index in [2.05, 4.69) is 34.5 Å². The molecule has 0 bridgehead atoms. The predicted octanol–water partition coefficient (Wildman–Crippen LogP) is -3.05. The van der Waals surface area contributed by atoms with Gasteiger partial charge in [-0.05, 0) is 91.9 Å². The van der Waals surface area contributed by atoms with Crippen LogP contribution < -0.4 is 30.1 Å². The van der Waals surface area contributed by atoms with Crippen molar-refractivity contribution in [3.05, 3.63) is 5.32 Å². The van der Waals surface area contributed by atoms with Crippen molar-refractivity contribution in [1.29, 1.82) is 0 Å². The topological polar surface area (TPSA) is 32.6 Å². The first-order chi connectivity index (χ1) is 10.8. The third-order valence-electron chi connectivity index (χ3n) is 4.50. The molecule has 1 fully saturated rings.